The molecule has 0 aromatic carbocycles. The van der Waals surface area contributed by atoms with E-state index in [1.54, 1.807) is 13.8 Å². The standard InChI is InChI=1S/C11H21NO5/c1-7(14)8(15)4-5-12-10(17)9(16)11(2,3)6-13/h8-9,13,15-16H,4-6H2,1-3H3,(H,12,17)/t8?,9-/m0/s1. The summed E-state index contributed by atoms with van der Waals surface area (Å²) in [5, 5.41) is 30.2. The van der Waals surface area contributed by atoms with Gasteiger partial charge in [-0.2, -0.15) is 0 Å². The van der Waals surface area contributed by atoms with E-state index in [1.807, 2.05) is 0 Å². The van der Waals surface area contributed by atoms with Crippen molar-refractivity contribution in [2.75, 3.05) is 13.2 Å². The molecule has 0 aliphatic carbocycles. The van der Waals surface area contributed by atoms with Crippen LogP contribution >= 0.6 is 0 Å². The quantitative estimate of drug-likeness (QED) is 0.453. The first-order chi connectivity index (χ1) is 7.72. The van der Waals surface area contributed by atoms with Crippen molar-refractivity contribution in [3.8, 4) is 0 Å². The van der Waals surface area contributed by atoms with E-state index >= 15 is 0 Å². The van der Waals surface area contributed by atoms with E-state index in [1.165, 1.54) is 6.92 Å². The minimum Gasteiger partial charge on any atom is -0.396 e. The van der Waals surface area contributed by atoms with Gasteiger partial charge >= 0.3 is 0 Å². The molecule has 0 rings (SSSR count). The highest BCUT2D eigenvalue weighted by molar-refractivity contribution is 5.82. The van der Waals surface area contributed by atoms with Gasteiger partial charge in [0.25, 0.3) is 0 Å². The van der Waals surface area contributed by atoms with Crippen LogP contribution in [-0.2, 0) is 9.59 Å². The van der Waals surface area contributed by atoms with Gasteiger partial charge in [0.1, 0.15) is 12.2 Å². The number of amides is 1. The van der Waals surface area contributed by atoms with Crippen molar-refractivity contribution in [1.29, 1.82) is 0 Å². The lowest BCUT2D eigenvalue weighted by atomic mass is 9.87. The van der Waals surface area contributed by atoms with Crippen molar-refractivity contribution in [3.05, 3.63) is 0 Å². The zero-order valence-corrected chi connectivity index (χ0v) is 10.4. The largest absolute Gasteiger partial charge is 0.396 e. The van der Waals surface area contributed by atoms with E-state index in [9.17, 15) is 19.8 Å². The number of ketones is 1. The summed E-state index contributed by atoms with van der Waals surface area (Å²) in [4.78, 5) is 22.2. The first-order valence-electron chi connectivity index (χ1n) is 5.47. The van der Waals surface area contributed by atoms with Gasteiger partial charge in [-0.3, -0.25) is 9.59 Å². The Morgan fingerprint density at radius 3 is 2.24 bits per heavy atom. The monoisotopic (exact) mass is 247 g/mol. The molecule has 2 atom stereocenters. The average Bonchev–Trinajstić information content (AvgIpc) is 2.27. The normalized spacial score (nSPS) is 15.2. The van der Waals surface area contributed by atoms with Crippen LogP contribution in [0.15, 0.2) is 0 Å². The molecule has 100 valence electrons. The van der Waals surface area contributed by atoms with Crippen LogP contribution in [0.5, 0.6) is 0 Å². The molecule has 0 saturated carbocycles. The summed E-state index contributed by atoms with van der Waals surface area (Å²) in [6.45, 7) is 4.15. The molecular weight excluding hydrogens is 226 g/mol. The maximum atomic E-state index is 11.5. The fourth-order valence-corrected chi connectivity index (χ4v) is 1.07. The van der Waals surface area contributed by atoms with Gasteiger partial charge < -0.3 is 20.6 Å². The number of carbonyl (C=O) groups excluding carboxylic acids is 2. The number of rotatable bonds is 7. The number of aliphatic hydroxyl groups is 3. The minimum absolute atomic E-state index is 0.0954. The summed E-state index contributed by atoms with van der Waals surface area (Å²) >= 11 is 0. The Hall–Kier alpha value is -0.980. The second-order valence-electron chi connectivity index (χ2n) is 4.76. The molecule has 6 nitrogen and oxygen atoms in total. The number of Topliss-reactive ketones (excluding diaryl/α,β-unsaturated/α-hetero) is 1. The van der Waals surface area contributed by atoms with Crippen molar-refractivity contribution >= 4 is 11.7 Å². The van der Waals surface area contributed by atoms with Gasteiger partial charge in [-0.25, -0.2) is 0 Å². The molecule has 0 aromatic rings. The molecule has 0 heterocycles. The average molecular weight is 247 g/mol. The van der Waals surface area contributed by atoms with Crippen molar-refractivity contribution in [2.45, 2.75) is 39.4 Å². The molecule has 0 aliphatic heterocycles. The molecule has 1 unspecified atom stereocenters. The summed E-state index contributed by atoms with van der Waals surface area (Å²) in [6.07, 6.45) is -2.33. The molecule has 0 saturated heterocycles. The van der Waals surface area contributed by atoms with E-state index in [-0.39, 0.29) is 25.4 Å². The maximum Gasteiger partial charge on any atom is 0.249 e. The predicted octanol–water partition coefficient (Wildman–Crippen LogP) is -1.18. The Balaban J connectivity index is 4.07. The van der Waals surface area contributed by atoms with Crippen molar-refractivity contribution in [1.82, 2.24) is 5.32 Å². The summed E-state index contributed by atoms with van der Waals surface area (Å²) in [5.41, 5.74) is -0.927. The molecule has 6 heteroatoms. The van der Waals surface area contributed by atoms with Gasteiger partial charge in [-0.15, -0.1) is 0 Å². The Labute approximate surface area is 101 Å². The highest BCUT2D eigenvalue weighted by atomic mass is 16.3. The fraction of sp³-hybridized carbons (Fsp3) is 0.818. The minimum atomic E-state index is -1.33. The van der Waals surface area contributed by atoms with Crippen molar-refractivity contribution in [3.63, 3.8) is 0 Å². The topological polar surface area (TPSA) is 107 Å². The summed E-state index contributed by atoms with van der Waals surface area (Å²) < 4.78 is 0. The SMILES string of the molecule is CC(=O)C(O)CCNC(=O)[C@H](O)C(C)(C)CO. The van der Waals surface area contributed by atoms with E-state index < -0.39 is 23.5 Å². The zero-order valence-electron chi connectivity index (χ0n) is 10.4. The van der Waals surface area contributed by atoms with Gasteiger partial charge in [0, 0.05) is 12.0 Å². The van der Waals surface area contributed by atoms with Gasteiger partial charge in [-0.05, 0) is 13.3 Å². The second kappa shape index (κ2) is 6.68. The van der Waals surface area contributed by atoms with E-state index in [0.717, 1.165) is 0 Å². The molecule has 4 N–H and O–H groups in total. The van der Waals surface area contributed by atoms with Crippen molar-refractivity contribution in [2.24, 2.45) is 5.41 Å². The summed E-state index contributed by atoms with van der Waals surface area (Å²) in [6, 6.07) is 0. The molecule has 0 fully saturated rings. The number of nitrogens with one attached hydrogen (secondary N) is 1. The Kier molecular flexibility index (Phi) is 6.30. The third-order valence-corrected chi connectivity index (χ3v) is 2.58. The second-order valence-corrected chi connectivity index (χ2v) is 4.76. The van der Waals surface area contributed by atoms with Crippen LogP contribution in [0.4, 0.5) is 0 Å². The number of carbonyl (C=O) groups is 2. The highest BCUT2D eigenvalue weighted by Crippen LogP contribution is 2.19. The van der Waals surface area contributed by atoms with Crippen LogP contribution in [0.25, 0.3) is 0 Å². The Bertz CT molecular complexity index is 277. The van der Waals surface area contributed by atoms with E-state index in [4.69, 9.17) is 5.11 Å². The van der Waals surface area contributed by atoms with Crippen LogP contribution in [-0.4, -0.2) is 52.4 Å². The van der Waals surface area contributed by atoms with Crippen LogP contribution in [0.1, 0.15) is 27.2 Å². The highest BCUT2D eigenvalue weighted by Gasteiger charge is 2.32. The maximum absolute atomic E-state index is 11.5. The molecule has 0 spiro atoms. The van der Waals surface area contributed by atoms with Gasteiger partial charge in [0.05, 0.1) is 6.61 Å². The number of hydrogen-bond acceptors (Lipinski definition) is 5. The zero-order chi connectivity index (χ0) is 13.6. The molecule has 0 aromatic heterocycles. The number of aliphatic hydroxyl groups excluding tert-OH is 3. The van der Waals surface area contributed by atoms with Crippen LogP contribution < -0.4 is 5.32 Å². The molecule has 1 amide bonds. The smallest absolute Gasteiger partial charge is 0.249 e. The van der Waals surface area contributed by atoms with Gasteiger partial charge in [-0.1, -0.05) is 13.8 Å². The van der Waals surface area contributed by atoms with Gasteiger partial charge in [0.15, 0.2) is 5.78 Å². The first-order valence-corrected chi connectivity index (χ1v) is 5.47. The van der Waals surface area contributed by atoms with E-state index in [0.29, 0.717) is 0 Å². The Morgan fingerprint density at radius 2 is 1.82 bits per heavy atom. The lowest BCUT2D eigenvalue weighted by Gasteiger charge is -2.27. The molecular formula is C11H21NO5. The number of hydrogen-bond donors (Lipinski definition) is 4. The fourth-order valence-electron chi connectivity index (χ4n) is 1.07. The van der Waals surface area contributed by atoms with Gasteiger partial charge in [0.2, 0.25) is 5.91 Å². The van der Waals surface area contributed by atoms with Crippen LogP contribution in [0.3, 0.4) is 0 Å². The van der Waals surface area contributed by atoms with Crippen LogP contribution in [0.2, 0.25) is 0 Å². The lowest BCUT2D eigenvalue weighted by Crippen LogP contribution is -2.46. The lowest BCUT2D eigenvalue weighted by molar-refractivity contribution is -0.137. The third-order valence-electron chi connectivity index (χ3n) is 2.58. The predicted molar refractivity (Wildman–Crippen MR) is 61.2 cm³/mol. The Morgan fingerprint density at radius 1 is 1.29 bits per heavy atom. The summed E-state index contributed by atoms with van der Waals surface area (Å²) in [7, 11) is 0. The molecule has 0 radical (unpaired) electrons. The third kappa shape index (κ3) is 5.25. The van der Waals surface area contributed by atoms with Crippen molar-refractivity contribution < 1.29 is 24.9 Å². The van der Waals surface area contributed by atoms with E-state index in [2.05, 4.69) is 5.32 Å². The first kappa shape index (κ1) is 16.0. The van der Waals surface area contributed by atoms with Crippen LogP contribution in [0, 0.1) is 5.41 Å². The molecule has 0 bridgehead atoms. The molecule has 17 heavy (non-hydrogen) atoms. The summed E-state index contributed by atoms with van der Waals surface area (Å²) in [5.74, 6) is -0.990. The molecule has 0 aliphatic rings.